The zero-order valence-corrected chi connectivity index (χ0v) is 10.5. The second-order valence-electron chi connectivity index (χ2n) is 3.98. The molecule has 2 N–H and O–H groups in total. The van der Waals surface area contributed by atoms with Crippen LogP contribution in [0.5, 0.6) is 0 Å². The van der Waals surface area contributed by atoms with Crippen LogP contribution in [0.1, 0.15) is 21.5 Å². The molecule has 0 aromatic heterocycles. The predicted octanol–water partition coefficient (Wildman–Crippen LogP) is 3.60. The Morgan fingerprint density at radius 1 is 1.22 bits per heavy atom. The van der Waals surface area contributed by atoms with Gasteiger partial charge >= 0.3 is 0 Å². The molecule has 2 aromatic carbocycles. The topological polar surface area (TPSA) is 43.1 Å². The van der Waals surface area contributed by atoms with Crippen molar-refractivity contribution >= 4 is 23.1 Å². The summed E-state index contributed by atoms with van der Waals surface area (Å²) in [7, 11) is 0. The fourth-order valence-electron chi connectivity index (χ4n) is 1.71. The van der Waals surface area contributed by atoms with Gasteiger partial charge in [0.25, 0.3) is 0 Å². The monoisotopic (exact) mass is 263 g/mol. The first-order chi connectivity index (χ1) is 8.50. The highest BCUT2D eigenvalue weighted by Gasteiger charge is 2.16. The van der Waals surface area contributed by atoms with E-state index in [2.05, 4.69) is 0 Å². The molecule has 2 aromatic rings. The van der Waals surface area contributed by atoms with Crippen molar-refractivity contribution in [2.24, 2.45) is 0 Å². The van der Waals surface area contributed by atoms with Gasteiger partial charge in [0, 0.05) is 16.8 Å². The molecule has 4 heteroatoms. The lowest BCUT2D eigenvalue weighted by molar-refractivity contribution is 0.103. The molecule has 0 saturated carbocycles. The molecule has 0 aliphatic carbocycles. The Balaban J connectivity index is 2.51. The molecule has 0 aliphatic rings. The van der Waals surface area contributed by atoms with Crippen LogP contribution in [0, 0.1) is 12.7 Å². The van der Waals surface area contributed by atoms with Gasteiger partial charge < -0.3 is 5.73 Å². The van der Waals surface area contributed by atoms with E-state index in [-0.39, 0.29) is 10.8 Å². The third-order valence-corrected chi connectivity index (χ3v) is 3.06. The zero-order chi connectivity index (χ0) is 13.3. The maximum Gasteiger partial charge on any atom is 0.194 e. The summed E-state index contributed by atoms with van der Waals surface area (Å²) in [5, 5.41) is 0.267. The van der Waals surface area contributed by atoms with E-state index in [0.717, 1.165) is 0 Å². The second-order valence-corrected chi connectivity index (χ2v) is 4.39. The van der Waals surface area contributed by atoms with E-state index < -0.39 is 5.82 Å². The molecule has 0 spiro atoms. The summed E-state index contributed by atoms with van der Waals surface area (Å²) in [6.07, 6.45) is 0. The van der Waals surface area contributed by atoms with Gasteiger partial charge in [-0.2, -0.15) is 0 Å². The summed E-state index contributed by atoms with van der Waals surface area (Å²) in [5.41, 5.74) is 6.99. The average molecular weight is 264 g/mol. The smallest absolute Gasteiger partial charge is 0.194 e. The van der Waals surface area contributed by atoms with E-state index in [4.69, 9.17) is 17.3 Å². The molecular weight excluding hydrogens is 253 g/mol. The van der Waals surface area contributed by atoms with Crippen molar-refractivity contribution < 1.29 is 9.18 Å². The predicted molar refractivity (Wildman–Crippen MR) is 70.4 cm³/mol. The fourth-order valence-corrected chi connectivity index (χ4v) is 1.99. The largest absolute Gasteiger partial charge is 0.399 e. The molecule has 0 radical (unpaired) electrons. The Morgan fingerprint density at radius 3 is 2.61 bits per heavy atom. The molecule has 0 atom stereocenters. The minimum Gasteiger partial charge on any atom is -0.399 e. The third kappa shape index (κ3) is 2.22. The summed E-state index contributed by atoms with van der Waals surface area (Å²) >= 11 is 5.97. The van der Waals surface area contributed by atoms with Crippen LogP contribution in [0.4, 0.5) is 10.1 Å². The van der Waals surface area contributed by atoms with Gasteiger partial charge in [-0.1, -0.05) is 23.7 Å². The number of nitrogen functional groups attached to an aromatic ring is 1. The Kier molecular flexibility index (Phi) is 3.34. The van der Waals surface area contributed by atoms with Crippen molar-refractivity contribution in [2.45, 2.75) is 6.92 Å². The van der Waals surface area contributed by atoms with Crippen LogP contribution in [0.15, 0.2) is 36.4 Å². The zero-order valence-electron chi connectivity index (χ0n) is 9.71. The number of nitrogens with two attached hydrogens (primary N) is 1. The fraction of sp³-hybridized carbons (Fsp3) is 0.0714. The van der Waals surface area contributed by atoms with Gasteiger partial charge in [-0.25, -0.2) is 4.39 Å². The van der Waals surface area contributed by atoms with Crippen LogP contribution in [-0.4, -0.2) is 5.78 Å². The summed E-state index contributed by atoms with van der Waals surface area (Å²) in [6, 6.07) is 9.03. The van der Waals surface area contributed by atoms with Gasteiger partial charge in [-0.05, 0) is 36.8 Å². The lowest BCUT2D eigenvalue weighted by Crippen LogP contribution is -2.06. The molecule has 0 saturated heterocycles. The third-order valence-electron chi connectivity index (χ3n) is 2.75. The Bertz CT molecular complexity index is 625. The second kappa shape index (κ2) is 4.78. The van der Waals surface area contributed by atoms with Crippen LogP contribution in [0.25, 0.3) is 0 Å². The molecule has 2 rings (SSSR count). The number of ketones is 1. The number of rotatable bonds is 2. The van der Waals surface area contributed by atoms with Gasteiger partial charge in [0.2, 0.25) is 0 Å². The van der Waals surface area contributed by atoms with E-state index in [1.54, 1.807) is 25.1 Å². The minimum atomic E-state index is -0.410. The highest BCUT2D eigenvalue weighted by atomic mass is 35.5. The number of hydrogen-bond donors (Lipinski definition) is 1. The van der Waals surface area contributed by atoms with E-state index in [1.807, 2.05) is 0 Å². The number of benzene rings is 2. The molecule has 18 heavy (non-hydrogen) atoms. The lowest BCUT2D eigenvalue weighted by atomic mass is 9.98. The summed E-state index contributed by atoms with van der Waals surface area (Å²) in [6.45, 7) is 1.56. The highest BCUT2D eigenvalue weighted by Crippen LogP contribution is 2.24. The summed E-state index contributed by atoms with van der Waals surface area (Å²) < 4.78 is 13.4. The number of hydrogen-bond acceptors (Lipinski definition) is 2. The molecule has 0 aliphatic heterocycles. The number of halogens is 2. The quantitative estimate of drug-likeness (QED) is 0.664. The van der Waals surface area contributed by atoms with E-state index in [0.29, 0.717) is 22.4 Å². The first-order valence-corrected chi connectivity index (χ1v) is 5.73. The van der Waals surface area contributed by atoms with Crippen LogP contribution in [0.2, 0.25) is 5.02 Å². The normalized spacial score (nSPS) is 10.4. The highest BCUT2D eigenvalue weighted by molar-refractivity contribution is 6.35. The van der Waals surface area contributed by atoms with Gasteiger partial charge in [0.1, 0.15) is 5.82 Å². The van der Waals surface area contributed by atoms with Crippen molar-refractivity contribution in [1.82, 2.24) is 0 Å². The maximum absolute atomic E-state index is 13.4. The number of carbonyl (C=O) groups excluding carboxylic acids is 1. The Labute approximate surface area is 109 Å². The van der Waals surface area contributed by atoms with Crippen LogP contribution < -0.4 is 5.73 Å². The molecule has 2 nitrogen and oxygen atoms in total. The first-order valence-electron chi connectivity index (χ1n) is 5.35. The molecule has 0 fully saturated rings. The number of anilines is 1. The van der Waals surface area contributed by atoms with Crippen molar-refractivity contribution in [2.75, 3.05) is 5.73 Å². The van der Waals surface area contributed by atoms with Crippen LogP contribution in [-0.2, 0) is 0 Å². The van der Waals surface area contributed by atoms with Gasteiger partial charge in [-0.15, -0.1) is 0 Å². The Morgan fingerprint density at radius 2 is 1.94 bits per heavy atom. The minimum absolute atomic E-state index is 0.267. The Hall–Kier alpha value is -1.87. The van der Waals surface area contributed by atoms with E-state index >= 15 is 0 Å². The molecular formula is C14H11ClFNO. The van der Waals surface area contributed by atoms with E-state index in [1.165, 1.54) is 18.2 Å². The van der Waals surface area contributed by atoms with Crippen molar-refractivity contribution in [1.29, 1.82) is 0 Å². The summed E-state index contributed by atoms with van der Waals surface area (Å²) in [5.74, 6) is -0.718. The van der Waals surface area contributed by atoms with Crippen molar-refractivity contribution in [3.63, 3.8) is 0 Å². The van der Waals surface area contributed by atoms with Crippen molar-refractivity contribution in [3.8, 4) is 0 Å². The first kappa shape index (κ1) is 12.6. The molecule has 0 bridgehead atoms. The molecule has 92 valence electrons. The van der Waals surface area contributed by atoms with Gasteiger partial charge in [0.15, 0.2) is 5.78 Å². The van der Waals surface area contributed by atoms with Gasteiger partial charge in [-0.3, -0.25) is 4.79 Å². The number of carbonyl (C=O) groups is 1. The maximum atomic E-state index is 13.4. The average Bonchev–Trinajstić information content (AvgIpc) is 2.32. The SMILES string of the molecule is Cc1c(F)cccc1C(=O)c1ccc(N)cc1Cl. The van der Waals surface area contributed by atoms with Gasteiger partial charge in [0.05, 0.1) is 5.02 Å². The molecule has 0 amide bonds. The van der Waals surface area contributed by atoms with Crippen LogP contribution in [0.3, 0.4) is 0 Å². The molecule has 0 heterocycles. The van der Waals surface area contributed by atoms with Crippen LogP contribution >= 0.6 is 11.6 Å². The summed E-state index contributed by atoms with van der Waals surface area (Å²) in [4.78, 5) is 12.3. The standard InChI is InChI=1S/C14H11ClFNO/c1-8-10(3-2-4-13(8)16)14(18)11-6-5-9(17)7-12(11)15/h2-7H,17H2,1H3. The van der Waals surface area contributed by atoms with Crippen molar-refractivity contribution in [3.05, 3.63) is 63.9 Å². The molecule has 0 unspecified atom stereocenters. The lowest BCUT2D eigenvalue weighted by Gasteiger charge is -2.07. The van der Waals surface area contributed by atoms with E-state index in [9.17, 15) is 9.18 Å².